The molecular formula is C10H12N2O. The summed E-state index contributed by atoms with van der Waals surface area (Å²) in [4.78, 5) is 0. The van der Waals surface area contributed by atoms with Gasteiger partial charge in [-0.15, -0.1) is 0 Å². The van der Waals surface area contributed by atoms with Gasteiger partial charge in [-0.1, -0.05) is 12.1 Å². The fourth-order valence-corrected chi connectivity index (χ4v) is 1.04. The number of aromatic hydroxyl groups is 1. The van der Waals surface area contributed by atoms with Crippen molar-refractivity contribution >= 4 is 0 Å². The zero-order valence-electron chi connectivity index (χ0n) is 7.33. The van der Waals surface area contributed by atoms with E-state index >= 15 is 0 Å². The SMILES string of the molecule is N#CCNCCc1ccc(O)cc1. The zero-order chi connectivity index (χ0) is 9.52. The van der Waals surface area contributed by atoms with Crippen LogP contribution in [0.5, 0.6) is 5.75 Å². The van der Waals surface area contributed by atoms with Gasteiger partial charge in [0, 0.05) is 6.54 Å². The highest BCUT2D eigenvalue weighted by Gasteiger charge is 1.92. The molecular weight excluding hydrogens is 164 g/mol. The maximum absolute atomic E-state index is 9.01. The van der Waals surface area contributed by atoms with Crippen molar-refractivity contribution in [3.8, 4) is 11.8 Å². The average Bonchev–Trinajstić information content (AvgIpc) is 2.15. The van der Waals surface area contributed by atoms with Crippen LogP contribution in [0.4, 0.5) is 0 Å². The molecule has 3 heteroatoms. The predicted octanol–water partition coefficient (Wildman–Crippen LogP) is 1.05. The van der Waals surface area contributed by atoms with Crippen molar-refractivity contribution in [2.24, 2.45) is 0 Å². The first kappa shape index (κ1) is 9.56. The first-order chi connectivity index (χ1) is 6.33. The van der Waals surface area contributed by atoms with Crippen LogP contribution in [0.15, 0.2) is 24.3 Å². The van der Waals surface area contributed by atoms with Crippen LogP contribution in [0.25, 0.3) is 0 Å². The third-order valence-electron chi connectivity index (χ3n) is 1.73. The molecule has 2 N–H and O–H groups in total. The van der Waals surface area contributed by atoms with Crippen molar-refractivity contribution < 1.29 is 5.11 Å². The van der Waals surface area contributed by atoms with Gasteiger partial charge < -0.3 is 10.4 Å². The lowest BCUT2D eigenvalue weighted by atomic mass is 10.1. The van der Waals surface area contributed by atoms with Gasteiger partial charge in [0.2, 0.25) is 0 Å². The van der Waals surface area contributed by atoms with Crippen LogP contribution in [-0.4, -0.2) is 18.2 Å². The van der Waals surface area contributed by atoms with Crippen molar-refractivity contribution in [1.29, 1.82) is 5.26 Å². The third-order valence-corrected chi connectivity index (χ3v) is 1.73. The Labute approximate surface area is 77.6 Å². The van der Waals surface area contributed by atoms with Gasteiger partial charge >= 0.3 is 0 Å². The van der Waals surface area contributed by atoms with Gasteiger partial charge in [-0.2, -0.15) is 5.26 Å². The monoisotopic (exact) mass is 176 g/mol. The maximum Gasteiger partial charge on any atom is 0.115 e. The molecule has 1 rings (SSSR count). The van der Waals surface area contributed by atoms with E-state index in [1.165, 1.54) is 0 Å². The van der Waals surface area contributed by atoms with Crippen LogP contribution >= 0.6 is 0 Å². The molecule has 0 heterocycles. The Kier molecular flexibility index (Phi) is 3.80. The van der Waals surface area contributed by atoms with E-state index in [2.05, 4.69) is 5.32 Å². The number of nitriles is 1. The number of nitrogens with zero attached hydrogens (tertiary/aromatic N) is 1. The fraction of sp³-hybridized carbons (Fsp3) is 0.300. The number of phenolic OH excluding ortho intramolecular Hbond substituents is 1. The van der Waals surface area contributed by atoms with Crippen LogP contribution in [0.2, 0.25) is 0 Å². The first-order valence-electron chi connectivity index (χ1n) is 4.18. The second kappa shape index (κ2) is 5.18. The molecule has 0 aliphatic rings. The average molecular weight is 176 g/mol. The molecule has 0 amide bonds. The minimum absolute atomic E-state index is 0.286. The van der Waals surface area contributed by atoms with E-state index in [0.29, 0.717) is 6.54 Å². The smallest absolute Gasteiger partial charge is 0.115 e. The largest absolute Gasteiger partial charge is 0.508 e. The maximum atomic E-state index is 9.01. The summed E-state index contributed by atoms with van der Waals surface area (Å²) in [6.45, 7) is 1.18. The number of nitrogens with one attached hydrogen (secondary N) is 1. The van der Waals surface area contributed by atoms with E-state index < -0.39 is 0 Å². The highest BCUT2D eigenvalue weighted by Crippen LogP contribution is 2.09. The summed E-state index contributed by atoms with van der Waals surface area (Å²) >= 11 is 0. The molecule has 0 radical (unpaired) electrons. The highest BCUT2D eigenvalue weighted by atomic mass is 16.3. The van der Waals surface area contributed by atoms with Gasteiger partial charge in [0.15, 0.2) is 0 Å². The fourth-order valence-electron chi connectivity index (χ4n) is 1.04. The Morgan fingerprint density at radius 2 is 2.00 bits per heavy atom. The van der Waals surface area contributed by atoms with Crippen molar-refractivity contribution in [3.05, 3.63) is 29.8 Å². The van der Waals surface area contributed by atoms with Gasteiger partial charge in [0.25, 0.3) is 0 Å². The van der Waals surface area contributed by atoms with Crippen LogP contribution in [0.1, 0.15) is 5.56 Å². The van der Waals surface area contributed by atoms with Crippen LogP contribution in [0, 0.1) is 11.3 Å². The number of rotatable bonds is 4. The highest BCUT2D eigenvalue weighted by molar-refractivity contribution is 5.25. The predicted molar refractivity (Wildman–Crippen MR) is 50.3 cm³/mol. The molecule has 0 saturated carbocycles. The van der Waals surface area contributed by atoms with Gasteiger partial charge in [-0.05, 0) is 24.1 Å². The number of hydrogen-bond acceptors (Lipinski definition) is 3. The molecule has 0 saturated heterocycles. The van der Waals surface area contributed by atoms with E-state index in [0.717, 1.165) is 18.5 Å². The van der Waals surface area contributed by atoms with Crippen LogP contribution in [0.3, 0.4) is 0 Å². The lowest BCUT2D eigenvalue weighted by Gasteiger charge is -2.00. The molecule has 3 nitrogen and oxygen atoms in total. The molecule has 0 unspecified atom stereocenters. The standard InChI is InChI=1S/C10H12N2O/c11-6-8-12-7-5-9-1-3-10(13)4-2-9/h1-4,12-13H,5,7-8H2. The molecule has 0 spiro atoms. The number of benzene rings is 1. The van der Waals surface area contributed by atoms with Crippen molar-refractivity contribution in [2.75, 3.05) is 13.1 Å². The first-order valence-corrected chi connectivity index (χ1v) is 4.18. The Bertz CT molecular complexity index is 287. The molecule has 0 bridgehead atoms. The Balaban J connectivity index is 2.30. The molecule has 1 aromatic rings. The number of hydrogen-bond donors (Lipinski definition) is 2. The molecule has 0 aliphatic heterocycles. The second-order valence-electron chi connectivity index (χ2n) is 2.75. The normalized spacial score (nSPS) is 9.46. The minimum atomic E-state index is 0.286. The second-order valence-corrected chi connectivity index (χ2v) is 2.75. The molecule has 0 aromatic heterocycles. The van der Waals surface area contributed by atoms with E-state index in [1.807, 2.05) is 18.2 Å². The van der Waals surface area contributed by atoms with E-state index in [9.17, 15) is 0 Å². The molecule has 0 aliphatic carbocycles. The number of phenols is 1. The molecule has 13 heavy (non-hydrogen) atoms. The van der Waals surface area contributed by atoms with E-state index in [1.54, 1.807) is 12.1 Å². The van der Waals surface area contributed by atoms with Crippen LogP contribution < -0.4 is 5.32 Å². The zero-order valence-corrected chi connectivity index (χ0v) is 7.33. The summed E-state index contributed by atoms with van der Waals surface area (Å²) < 4.78 is 0. The van der Waals surface area contributed by atoms with Gasteiger partial charge in [0.05, 0.1) is 12.6 Å². The lowest BCUT2D eigenvalue weighted by Crippen LogP contribution is -2.16. The molecule has 0 atom stereocenters. The molecule has 0 fully saturated rings. The Morgan fingerprint density at radius 3 is 2.62 bits per heavy atom. The molecule has 68 valence electrons. The van der Waals surface area contributed by atoms with Crippen molar-refractivity contribution in [2.45, 2.75) is 6.42 Å². The third kappa shape index (κ3) is 3.59. The Morgan fingerprint density at radius 1 is 1.31 bits per heavy atom. The topological polar surface area (TPSA) is 56.0 Å². The summed E-state index contributed by atoms with van der Waals surface area (Å²) in [5, 5.41) is 20.2. The molecule has 1 aromatic carbocycles. The summed E-state index contributed by atoms with van der Waals surface area (Å²) in [7, 11) is 0. The van der Waals surface area contributed by atoms with Gasteiger partial charge in [0.1, 0.15) is 5.75 Å². The van der Waals surface area contributed by atoms with E-state index in [4.69, 9.17) is 10.4 Å². The van der Waals surface area contributed by atoms with Gasteiger partial charge in [-0.25, -0.2) is 0 Å². The summed E-state index contributed by atoms with van der Waals surface area (Å²) in [6.07, 6.45) is 0.877. The summed E-state index contributed by atoms with van der Waals surface area (Å²) in [5.41, 5.74) is 1.16. The van der Waals surface area contributed by atoms with Crippen molar-refractivity contribution in [1.82, 2.24) is 5.32 Å². The lowest BCUT2D eigenvalue weighted by molar-refractivity contribution is 0.475. The van der Waals surface area contributed by atoms with Gasteiger partial charge in [-0.3, -0.25) is 0 Å². The minimum Gasteiger partial charge on any atom is -0.508 e. The Hall–Kier alpha value is -1.53. The van der Waals surface area contributed by atoms with Crippen LogP contribution in [-0.2, 0) is 6.42 Å². The summed E-state index contributed by atoms with van der Waals surface area (Å²) in [6, 6.07) is 9.10. The van der Waals surface area contributed by atoms with Crippen molar-refractivity contribution in [3.63, 3.8) is 0 Å². The quantitative estimate of drug-likeness (QED) is 0.532. The summed E-state index contributed by atoms with van der Waals surface area (Å²) in [5.74, 6) is 0.286. The van der Waals surface area contributed by atoms with E-state index in [-0.39, 0.29) is 5.75 Å².